The van der Waals surface area contributed by atoms with Crippen LogP contribution in [0, 0.1) is 0 Å². The lowest BCUT2D eigenvalue weighted by Gasteiger charge is -2.24. The number of aliphatic hydroxyl groups is 1. The normalized spacial score (nSPS) is 20.0. The van der Waals surface area contributed by atoms with Gasteiger partial charge in [0.05, 0.1) is 13.7 Å². The number of imide groups is 1. The summed E-state index contributed by atoms with van der Waals surface area (Å²) in [6.45, 7) is 0.746. The number of urea groups is 1. The Hall–Kier alpha value is -1.63. The molecule has 16 heavy (non-hydrogen) atoms. The van der Waals surface area contributed by atoms with E-state index in [9.17, 15) is 19.5 Å². The summed E-state index contributed by atoms with van der Waals surface area (Å²) in [6, 6.07) is -0.533. The van der Waals surface area contributed by atoms with Crippen molar-refractivity contribution in [3.63, 3.8) is 0 Å². The van der Waals surface area contributed by atoms with Crippen molar-refractivity contribution in [3.8, 4) is 0 Å². The van der Waals surface area contributed by atoms with Crippen LogP contribution in [-0.4, -0.2) is 65.7 Å². The molecular formula is C9H14N2O5. The molecule has 1 aliphatic rings. The number of hydrogen-bond donors (Lipinski definition) is 1. The Morgan fingerprint density at radius 2 is 2.12 bits per heavy atom. The van der Waals surface area contributed by atoms with Gasteiger partial charge in [-0.3, -0.25) is 9.69 Å². The van der Waals surface area contributed by atoms with Gasteiger partial charge < -0.3 is 14.7 Å². The Bertz CT molecular complexity index is 339. The minimum atomic E-state index is -1.88. The monoisotopic (exact) mass is 230 g/mol. The van der Waals surface area contributed by atoms with Crippen molar-refractivity contribution in [1.82, 2.24) is 9.80 Å². The van der Waals surface area contributed by atoms with Crippen LogP contribution < -0.4 is 0 Å². The second-order valence-corrected chi connectivity index (χ2v) is 3.88. The van der Waals surface area contributed by atoms with Crippen molar-refractivity contribution in [1.29, 1.82) is 0 Å². The number of methoxy groups -OCH3 is 1. The Balaban J connectivity index is 2.78. The zero-order valence-corrected chi connectivity index (χ0v) is 9.39. The molecule has 0 saturated carbocycles. The van der Waals surface area contributed by atoms with Crippen LogP contribution in [0.4, 0.5) is 4.79 Å². The van der Waals surface area contributed by atoms with Gasteiger partial charge in [-0.2, -0.15) is 0 Å². The van der Waals surface area contributed by atoms with E-state index in [1.807, 2.05) is 0 Å². The zero-order chi connectivity index (χ0) is 12.5. The van der Waals surface area contributed by atoms with E-state index >= 15 is 0 Å². The number of esters is 1. The summed E-state index contributed by atoms with van der Waals surface area (Å²) in [4.78, 5) is 36.1. The van der Waals surface area contributed by atoms with Gasteiger partial charge in [0, 0.05) is 7.05 Å². The Morgan fingerprint density at radius 1 is 1.56 bits per heavy atom. The summed E-state index contributed by atoms with van der Waals surface area (Å²) in [7, 11) is 2.59. The first-order valence-electron chi connectivity index (χ1n) is 4.66. The molecule has 0 spiro atoms. The number of hydrogen-bond acceptors (Lipinski definition) is 5. The number of rotatable bonds is 3. The van der Waals surface area contributed by atoms with Gasteiger partial charge in [-0.05, 0) is 6.92 Å². The lowest BCUT2D eigenvalue weighted by atomic mass is 10.1. The van der Waals surface area contributed by atoms with Crippen LogP contribution in [0.2, 0.25) is 0 Å². The molecule has 1 fully saturated rings. The Kier molecular flexibility index (Phi) is 3.18. The highest BCUT2D eigenvalue weighted by molar-refractivity contribution is 6.02. The van der Waals surface area contributed by atoms with Crippen LogP contribution >= 0.6 is 0 Å². The summed E-state index contributed by atoms with van der Waals surface area (Å²) in [5, 5.41) is 9.73. The van der Waals surface area contributed by atoms with Gasteiger partial charge >= 0.3 is 12.0 Å². The molecule has 1 saturated heterocycles. The molecule has 1 unspecified atom stereocenters. The van der Waals surface area contributed by atoms with E-state index in [2.05, 4.69) is 4.74 Å². The van der Waals surface area contributed by atoms with E-state index < -0.39 is 30.1 Å². The Morgan fingerprint density at radius 3 is 2.50 bits per heavy atom. The van der Waals surface area contributed by atoms with Crippen molar-refractivity contribution in [2.75, 3.05) is 27.2 Å². The number of nitrogens with zero attached hydrogens (tertiary/aromatic N) is 2. The summed E-state index contributed by atoms with van der Waals surface area (Å²) in [6.07, 6.45) is 0. The molecule has 0 aromatic heterocycles. The summed E-state index contributed by atoms with van der Waals surface area (Å²) >= 11 is 0. The van der Waals surface area contributed by atoms with Gasteiger partial charge in [0.15, 0.2) is 5.60 Å². The third-order valence-corrected chi connectivity index (χ3v) is 2.32. The highest BCUT2D eigenvalue weighted by Gasteiger charge is 2.42. The average Bonchev–Trinajstić information content (AvgIpc) is 2.43. The summed E-state index contributed by atoms with van der Waals surface area (Å²) < 4.78 is 4.37. The molecule has 0 bridgehead atoms. The van der Waals surface area contributed by atoms with Gasteiger partial charge in [-0.15, -0.1) is 0 Å². The minimum Gasteiger partial charge on any atom is -0.467 e. The predicted octanol–water partition coefficient (Wildman–Crippen LogP) is -1.20. The van der Waals surface area contributed by atoms with Crippen molar-refractivity contribution in [2.45, 2.75) is 12.5 Å². The van der Waals surface area contributed by atoms with Crippen LogP contribution in [0.5, 0.6) is 0 Å². The molecule has 1 N–H and O–H groups in total. The largest absolute Gasteiger partial charge is 0.467 e. The molecule has 0 radical (unpaired) electrons. The van der Waals surface area contributed by atoms with Crippen molar-refractivity contribution >= 4 is 17.9 Å². The van der Waals surface area contributed by atoms with Crippen LogP contribution in [0.25, 0.3) is 0 Å². The quantitative estimate of drug-likeness (QED) is 0.486. The third kappa shape index (κ3) is 2.13. The SMILES string of the molecule is COC(=O)C(C)(O)CN1C(=O)CN(C)C1=O. The van der Waals surface area contributed by atoms with Gasteiger partial charge in [0.25, 0.3) is 0 Å². The summed E-state index contributed by atoms with van der Waals surface area (Å²) in [5.41, 5.74) is -1.88. The molecule has 0 aromatic rings. The second kappa shape index (κ2) is 4.09. The lowest BCUT2D eigenvalue weighted by molar-refractivity contribution is -0.162. The van der Waals surface area contributed by atoms with Gasteiger partial charge in [0.1, 0.15) is 6.54 Å². The molecule has 1 atom stereocenters. The van der Waals surface area contributed by atoms with Crippen LogP contribution in [0.15, 0.2) is 0 Å². The molecule has 3 amide bonds. The maximum absolute atomic E-state index is 11.5. The standard InChI is InChI=1S/C9H14N2O5/c1-9(15,7(13)16-3)5-11-6(12)4-10(2)8(11)14/h15H,4-5H2,1-3H3. The summed E-state index contributed by atoms with van der Waals surface area (Å²) in [5.74, 6) is -1.33. The van der Waals surface area contributed by atoms with E-state index in [0.717, 1.165) is 12.0 Å². The van der Waals surface area contributed by atoms with E-state index in [0.29, 0.717) is 0 Å². The predicted molar refractivity (Wildman–Crippen MR) is 52.4 cm³/mol. The first kappa shape index (κ1) is 12.4. The lowest BCUT2D eigenvalue weighted by Crippen LogP contribution is -2.49. The van der Waals surface area contributed by atoms with Crippen molar-refractivity contribution in [2.24, 2.45) is 0 Å². The second-order valence-electron chi connectivity index (χ2n) is 3.88. The van der Waals surface area contributed by atoms with E-state index in [-0.39, 0.29) is 6.54 Å². The molecule has 1 heterocycles. The van der Waals surface area contributed by atoms with E-state index in [4.69, 9.17) is 0 Å². The molecule has 7 nitrogen and oxygen atoms in total. The first-order chi connectivity index (χ1) is 7.29. The number of ether oxygens (including phenoxy) is 1. The first-order valence-corrected chi connectivity index (χ1v) is 4.66. The molecule has 1 rings (SSSR count). The van der Waals surface area contributed by atoms with Gasteiger partial charge in [0.2, 0.25) is 5.91 Å². The smallest absolute Gasteiger partial charge is 0.339 e. The average molecular weight is 230 g/mol. The molecule has 90 valence electrons. The highest BCUT2D eigenvalue weighted by Crippen LogP contribution is 2.14. The van der Waals surface area contributed by atoms with Crippen molar-refractivity contribution < 1.29 is 24.2 Å². The molecule has 0 aromatic carbocycles. The number of amides is 3. The zero-order valence-electron chi connectivity index (χ0n) is 9.39. The van der Waals surface area contributed by atoms with Crippen molar-refractivity contribution in [3.05, 3.63) is 0 Å². The van der Waals surface area contributed by atoms with Crippen LogP contribution in [0.3, 0.4) is 0 Å². The third-order valence-electron chi connectivity index (χ3n) is 2.32. The molecule has 7 heteroatoms. The van der Waals surface area contributed by atoms with E-state index in [1.165, 1.54) is 18.9 Å². The van der Waals surface area contributed by atoms with E-state index in [1.54, 1.807) is 0 Å². The molecule has 1 aliphatic heterocycles. The number of β-amino-alcohol motifs (C(OH)–C–C–N with tert-alkyl or cyclic N) is 1. The van der Waals surface area contributed by atoms with Gasteiger partial charge in [-0.1, -0.05) is 0 Å². The fraction of sp³-hybridized carbons (Fsp3) is 0.667. The maximum Gasteiger partial charge on any atom is 0.339 e. The minimum absolute atomic E-state index is 0.0455. The van der Waals surface area contributed by atoms with Gasteiger partial charge in [-0.25, -0.2) is 9.59 Å². The molecule has 0 aliphatic carbocycles. The van der Waals surface area contributed by atoms with Crippen LogP contribution in [-0.2, 0) is 14.3 Å². The maximum atomic E-state index is 11.5. The number of carbonyl (C=O) groups is 3. The number of likely N-dealkylation sites (N-methyl/N-ethyl adjacent to an activating group) is 1. The number of carbonyl (C=O) groups excluding carboxylic acids is 3. The molecular weight excluding hydrogens is 216 g/mol. The highest BCUT2D eigenvalue weighted by atomic mass is 16.5. The fourth-order valence-corrected chi connectivity index (χ4v) is 1.42. The Labute approximate surface area is 92.6 Å². The topological polar surface area (TPSA) is 87.2 Å². The fourth-order valence-electron chi connectivity index (χ4n) is 1.42. The van der Waals surface area contributed by atoms with Crippen LogP contribution in [0.1, 0.15) is 6.92 Å².